The van der Waals surface area contributed by atoms with Crippen molar-refractivity contribution < 1.29 is 68.7 Å². The summed E-state index contributed by atoms with van der Waals surface area (Å²) in [5, 5.41) is 64.6. The monoisotopic (exact) mass is 910 g/mol. The van der Waals surface area contributed by atoms with Crippen LogP contribution >= 0.6 is 0 Å². The zero-order valence-corrected chi connectivity index (χ0v) is 36.3. The highest BCUT2D eigenvalue weighted by Crippen LogP contribution is 2.11. The van der Waals surface area contributed by atoms with Gasteiger partial charge in [-0.05, 0) is 70.0 Å². The zero-order valence-electron chi connectivity index (χ0n) is 36.3. The number of carboxylic acid groups (broad SMARTS) is 2. The summed E-state index contributed by atoms with van der Waals surface area (Å²) in [5.41, 5.74) is 17.4. The highest BCUT2D eigenvalue weighted by atomic mass is 16.4. The number of aliphatic hydroxyl groups is 3. The molecule has 0 saturated carbocycles. The molecule has 9 atom stereocenters. The number of nitrogens with one attached hydrogen (secondary N) is 7. The van der Waals surface area contributed by atoms with Crippen molar-refractivity contribution in [2.45, 2.75) is 127 Å². The summed E-state index contributed by atoms with van der Waals surface area (Å²) >= 11 is 0. The molecule has 0 fully saturated rings. The Morgan fingerprint density at radius 1 is 0.547 bits per heavy atom. The van der Waals surface area contributed by atoms with Crippen LogP contribution in [0, 0.1) is 5.92 Å². The van der Waals surface area contributed by atoms with E-state index in [-0.39, 0.29) is 45.2 Å². The Labute approximate surface area is 370 Å². The number of nitrogens with two attached hydrogens (primary N) is 3. The van der Waals surface area contributed by atoms with Gasteiger partial charge in [0.1, 0.15) is 48.3 Å². The predicted molar refractivity (Wildman–Crippen MR) is 228 cm³/mol. The molecular formula is C40H66N10O14. The molecule has 24 nitrogen and oxygen atoms in total. The second kappa shape index (κ2) is 29.6. The van der Waals surface area contributed by atoms with Crippen LogP contribution in [0.15, 0.2) is 30.3 Å². The summed E-state index contributed by atoms with van der Waals surface area (Å²) in [7, 11) is 0. The van der Waals surface area contributed by atoms with Gasteiger partial charge in [0.05, 0.1) is 25.7 Å². The second-order valence-corrected chi connectivity index (χ2v) is 15.4. The second-order valence-electron chi connectivity index (χ2n) is 15.4. The highest BCUT2D eigenvalue weighted by molar-refractivity contribution is 5.98. The largest absolute Gasteiger partial charge is 0.481 e. The standard InChI is InChI=1S/C40H66N10O14/c1-21(2)31(49-39(62)32(22(3)53)50-33(56)24(43)19-51)38(61)45-26(14-8-10-16-42)35(58)47-28(18-30(54)55)37(60)44-25(13-7-9-15-41)34(57)46-27(17-23-11-5-4-6-12-23)36(59)48-29(20-52)40(63)64/h4-6,11-12,21-22,24-29,31-32,51-53H,7-10,13-20,41-43H2,1-3H3,(H,44,60)(H,45,61)(H,46,57)(H,47,58)(H,48,59)(H,49,62)(H,50,56)(H,54,55)(H,63,64)/t22-,24+,25+,26+,27+,28+,29+,31+,32+/m1/s1. The van der Waals surface area contributed by atoms with E-state index in [0.29, 0.717) is 18.4 Å². The van der Waals surface area contributed by atoms with Gasteiger partial charge in [0.25, 0.3) is 0 Å². The number of unbranched alkanes of at least 4 members (excludes halogenated alkanes) is 2. The van der Waals surface area contributed by atoms with Crippen molar-refractivity contribution in [2.24, 2.45) is 23.1 Å². The molecule has 1 aromatic rings. The number of hydrogen-bond acceptors (Lipinski definition) is 15. The topological polar surface area (TPSA) is 417 Å². The molecule has 7 amide bonds. The average Bonchev–Trinajstić information content (AvgIpc) is 3.24. The van der Waals surface area contributed by atoms with E-state index >= 15 is 0 Å². The third-order valence-electron chi connectivity index (χ3n) is 9.73. The first-order valence-electron chi connectivity index (χ1n) is 20.9. The summed E-state index contributed by atoms with van der Waals surface area (Å²) in [4.78, 5) is 118. The van der Waals surface area contributed by atoms with Gasteiger partial charge >= 0.3 is 11.9 Å². The molecule has 0 aromatic heterocycles. The fourth-order valence-electron chi connectivity index (χ4n) is 6.03. The van der Waals surface area contributed by atoms with Gasteiger partial charge < -0.3 is 80.0 Å². The Bertz CT molecular complexity index is 1700. The lowest BCUT2D eigenvalue weighted by atomic mass is 10.0. The van der Waals surface area contributed by atoms with E-state index in [1.807, 2.05) is 0 Å². The summed E-state index contributed by atoms with van der Waals surface area (Å²) in [6, 6.07) is -3.94. The van der Waals surface area contributed by atoms with Gasteiger partial charge in [0.2, 0.25) is 41.4 Å². The van der Waals surface area contributed by atoms with Crippen LogP contribution in [0.5, 0.6) is 0 Å². The van der Waals surface area contributed by atoms with Crippen molar-refractivity contribution in [3.63, 3.8) is 0 Å². The van der Waals surface area contributed by atoms with Crippen molar-refractivity contribution in [3.05, 3.63) is 35.9 Å². The van der Waals surface area contributed by atoms with Crippen molar-refractivity contribution in [1.82, 2.24) is 37.2 Å². The van der Waals surface area contributed by atoms with Crippen LogP contribution in [0.2, 0.25) is 0 Å². The van der Waals surface area contributed by atoms with Crippen LogP contribution < -0.4 is 54.4 Å². The van der Waals surface area contributed by atoms with Crippen LogP contribution in [0.25, 0.3) is 0 Å². The Balaban J connectivity index is 3.44. The predicted octanol–water partition coefficient (Wildman–Crippen LogP) is -5.21. The molecule has 360 valence electrons. The molecule has 0 bridgehead atoms. The van der Waals surface area contributed by atoms with Gasteiger partial charge in [-0.15, -0.1) is 0 Å². The van der Waals surface area contributed by atoms with Crippen LogP contribution in [0.4, 0.5) is 0 Å². The zero-order chi connectivity index (χ0) is 48.5. The Kier molecular flexibility index (Phi) is 26.0. The SMILES string of the molecule is CC(C)[C@H](NC(=O)[C@@H](NC(=O)[C@@H](N)CO)[C@@H](C)O)C(=O)N[C@@H](CCCCN)C(=O)N[C@@H](CC(=O)O)C(=O)N[C@@H](CCCCN)C(=O)N[C@@H](Cc1ccccc1)C(=O)N[C@@H](CO)C(=O)O. The number of amides is 7. The van der Waals surface area contributed by atoms with E-state index in [1.54, 1.807) is 44.2 Å². The number of benzene rings is 1. The molecule has 64 heavy (non-hydrogen) atoms. The third-order valence-corrected chi connectivity index (χ3v) is 9.73. The Morgan fingerprint density at radius 2 is 0.984 bits per heavy atom. The maximum atomic E-state index is 13.9. The molecule has 0 heterocycles. The lowest BCUT2D eigenvalue weighted by Gasteiger charge is -2.29. The molecule has 0 radical (unpaired) electrons. The number of carbonyl (C=O) groups excluding carboxylic acids is 7. The minimum absolute atomic E-state index is 0.0750. The number of aliphatic carboxylic acids is 2. The van der Waals surface area contributed by atoms with Crippen LogP contribution in [-0.4, -0.2) is 160 Å². The van der Waals surface area contributed by atoms with Crippen molar-refractivity contribution in [1.29, 1.82) is 0 Å². The summed E-state index contributed by atoms with van der Waals surface area (Å²) in [6.45, 7) is 2.98. The first-order chi connectivity index (χ1) is 30.2. The van der Waals surface area contributed by atoms with Crippen LogP contribution in [0.1, 0.15) is 71.3 Å². The molecule has 1 rings (SSSR count). The summed E-state index contributed by atoms with van der Waals surface area (Å²) < 4.78 is 0. The molecule has 0 saturated heterocycles. The lowest BCUT2D eigenvalue weighted by molar-refractivity contribution is -0.143. The highest BCUT2D eigenvalue weighted by Gasteiger charge is 2.36. The molecule has 0 aliphatic heterocycles. The minimum Gasteiger partial charge on any atom is -0.481 e. The fraction of sp³-hybridized carbons (Fsp3) is 0.625. The summed E-state index contributed by atoms with van der Waals surface area (Å²) in [5.74, 6) is -10.7. The number of carbonyl (C=O) groups is 9. The molecule has 1 aromatic carbocycles. The minimum atomic E-state index is -1.84. The molecular weight excluding hydrogens is 844 g/mol. The van der Waals surface area contributed by atoms with E-state index in [2.05, 4.69) is 37.2 Å². The van der Waals surface area contributed by atoms with Crippen molar-refractivity contribution in [3.8, 4) is 0 Å². The van der Waals surface area contributed by atoms with E-state index in [4.69, 9.17) is 17.2 Å². The Morgan fingerprint density at radius 3 is 1.44 bits per heavy atom. The molecule has 0 unspecified atom stereocenters. The first kappa shape index (κ1) is 56.2. The fourth-order valence-corrected chi connectivity index (χ4v) is 6.03. The van der Waals surface area contributed by atoms with Crippen LogP contribution in [0.3, 0.4) is 0 Å². The number of rotatable bonds is 31. The maximum absolute atomic E-state index is 13.9. The molecule has 0 aliphatic carbocycles. The van der Waals surface area contributed by atoms with E-state index in [1.165, 1.54) is 6.92 Å². The third kappa shape index (κ3) is 20.2. The van der Waals surface area contributed by atoms with Gasteiger partial charge in [-0.25, -0.2) is 4.79 Å². The lowest BCUT2D eigenvalue weighted by Crippen LogP contribution is -2.62. The molecule has 0 spiro atoms. The van der Waals surface area contributed by atoms with Crippen LogP contribution in [-0.2, 0) is 49.6 Å². The van der Waals surface area contributed by atoms with E-state index < -0.39 is 133 Å². The first-order valence-corrected chi connectivity index (χ1v) is 20.9. The van der Waals surface area contributed by atoms with Gasteiger partial charge in [0.15, 0.2) is 0 Å². The van der Waals surface area contributed by atoms with Gasteiger partial charge in [-0.1, -0.05) is 44.2 Å². The smallest absolute Gasteiger partial charge is 0.328 e. The van der Waals surface area contributed by atoms with Gasteiger partial charge in [0, 0.05) is 6.42 Å². The van der Waals surface area contributed by atoms with Crippen molar-refractivity contribution in [2.75, 3.05) is 26.3 Å². The molecule has 0 aliphatic rings. The van der Waals surface area contributed by atoms with Gasteiger partial charge in [-0.2, -0.15) is 0 Å². The average molecular weight is 911 g/mol. The summed E-state index contributed by atoms with van der Waals surface area (Å²) in [6.07, 6.45) is -1.49. The number of hydrogen-bond donors (Lipinski definition) is 15. The van der Waals surface area contributed by atoms with Crippen molar-refractivity contribution >= 4 is 53.3 Å². The number of carboxylic acids is 2. The Hall–Kier alpha value is -5.79. The molecule has 24 heteroatoms. The van der Waals surface area contributed by atoms with E-state index in [0.717, 1.165) is 0 Å². The molecule has 18 N–H and O–H groups in total. The normalized spacial score (nSPS) is 15.3. The number of aliphatic hydroxyl groups excluding tert-OH is 3. The quantitative estimate of drug-likeness (QED) is 0.0310. The van der Waals surface area contributed by atoms with Gasteiger partial charge in [-0.3, -0.25) is 38.4 Å². The van der Waals surface area contributed by atoms with E-state index in [9.17, 15) is 68.7 Å². The maximum Gasteiger partial charge on any atom is 0.328 e.